The summed E-state index contributed by atoms with van der Waals surface area (Å²) in [5, 5.41) is 11.7. The van der Waals surface area contributed by atoms with Gasteiger partial charge in [0.1, 0.15) is 5.75 Å². The van der Waals surface area contributed by atoms with E-state index in [1.54, 1.807) is 0 Å². The number of rotatable bonds is 6. The molecule has 0 aromatic heterocycles. The van der Waals surface area contributed by atoms with Crippen LogP contribution in [0.15, 0.2) is 54.6 Å². The van der Waals surface area contributed by atoms with Gasteiger partial charge in [0.05, 0.1) is 11.8 Å². The molecule has 2 aromatic rings. The summed E-state index contributed by atoms with van der Waals surface area (Å²) in [6, 6.07) is 19.2. The third kappa shape index (κ3) is 4.84. The molecular weight excluding hydrogens is 326 g/mol. The number of carbonyl (C=O) groups is 1. The molecule has 5 heteroatoms. The number of hydrogen-bond donors (Lipinski definition) is 1. The standard InChI is InChI=1S/C21H23N3O2/c22-13-6-14-24-15-11-17(12-16-24)21(25)23-19-9-4-5-10-20(19)26-18-7-2-1-3-8-18/h1-5,7-10,17H,6,11-12,14-16H2,(H,23,25). The number of carbonyl (C=O) groups excluding carboxylic acids is 1. The van der Waals surface area contributed by atoms with E-state index in [4.69, 9.17) is 10.00 Å². The van der Waals surface area contributed by atoms with E-state index in [2.05, 4.69) is 16.3 Å². The molecule has 3 rings (SSSR count). The molecule has 26 heavy (non-hydrogen) atoms. The quantitative estimate of drug-likeness (QED) is 0.855. The molecule has 0 saturated carbocycles. The summed E-state index contributed by atoms with van der Waals surface area (Å²) in [5.41, 5.74) is 0.688. The number of ether oxygens (including phenoxy) is 1. The molecule has 1 aliphatic heterocycles. The summed E-state index contributed by atoms with van der Waals surface area (Å²) >= 11 is 0. The first-order valence-corrected chi connectivity index (χ1v) is 8.98. The Morgan fingerprint density at radius 3 is 2.54 bits per heavy atom. The van der Waals surface area contributed by atoms with Gasteiger partial charge < -0.3 is 15.0 Å². The lowest BCUT2D eigenvalue weighted by Crippen LogP contribution is -2.38. The topological polar surface area (TPSA) is 65.4 Å². The predicted octanol–water partition coefficient (Wildman–Crippen LogP) is 4.04. The van der Waals surface area contributed by atoms with E-state index in [-0.39, 0.29) is 11.8 Å². The van der Waals surface area contributed by atoms with Gasteiger partial charge in [-0.3, -0.25) is 4.79 Å². The fourth-order valence-electron chi connectivity index (χ4n) is 3.14. The van der Waals surface area contributed by atoms with Crippen molar-refractivity contribution in [3.05, 3.63) is 54.6 Å². The summed E-state index contributed by atoms with van der Waals surface area (Å²) < 4.78 is 5.91. The molecule has 2 aromatic carbocycles. The van der Waals surface area contributed by atoms with Crippen LogP contribution in [0.4, 0.5) is 5.69 Å². The Bertz CT molecular complexity index is 762. The fraction of sp³-hybridized carbons (Fsp3) is 0.333. The molecule has 0 unspecified atom stereocenters. The van der Waals surface area contributed by atoms with Crippen molar-refractivity contribution in [1.82, 2.24) is 4.90 Å². The van der Waals surface area contributed by atoms with E-state index in [1.165, 1.54) is 0 Å². The van der Waals surface area contributed by atoms with Crippen LogP contribution in [-0.4, -0.2) is 30.4 Å². The molecule has 134 valence electrons. The number of anilines is 1. The van der Waals surface area contributed by atoms with Crippen LogP contribution >= 0.6 is 0 Å². The number of para-hydroxylation sites is 3. The monoisotopic (exact) mass is 349 g/mol. The molecule has 5 nitrogen and oxygen atoms in total. The highest BCUT2D eigenvalue weighted by atomic mass is 16.5. The second kappa shape index (κ2) is 9.02. The molecule has 0 aliphatic carbocycles. The van der Waals surface area contributed by atoms with E-state index in [0.717, 1.165) is 38.2 Å². The minimum atomic E-state index is -0.00174. The smallest absolute Gasteiger partial charge is 0.227 e. The number of amides is 1. The Balaban J connectivity index is 1.59. The normalized spacial score (nSPS) is 15.2. The molecule has 1 heterocycles. The van der Waals surface area contributed by atoms with E-state index in [1.807, 2.05) is 54.6 Å². The van der Waals surface area contributed by atoms with E-state index in [9.17, 15) is 4.79 Å². The summed E-state index contributed by atoms with van der Waals surface area (Å²) in [6.45, 7) is 2.52. The second-order valence-corrected chi connectivity index (χ2v) is 6.42. The van der Waals surface area contributed by atoms with Gasteiger partial charge in [0, 0.05) is 18.9 Å². The zero-order valence-corrected chi connectivity index (χ0v) is 14.7. The highest BCUT2D eigenvalue weighted by Crippen LogP contribution is 2.30. The minimum absolute atomic E-state index is 0.00174. The maximum atomic E-state index is 12.7. The summed E-state index contributed by atoms with van der Waals surface area (Å²) in [6.07, 6.45) is 2.18. The van der Waals surface area contributed by atoms with Gasteiger partial charge in [-0.05, 0) is 50.2 Å². The van der Waals surface area contributed by atoms with Crippen LogP contribution in [0.1, 0.15) is 19.3 Å². The molecule has 0 bridgehead atoms. The number of benzene rings is 2. The maximum absolute atomic E-state index is 12.7. The van der Waals surface area contributed by atoms with Gasteiger partial charge in [0.2, 0.25) is 5.91 Å². The van der Waals surface area contributed by atoms with Crippen LogP contribution < -0.4 is 10.1 Å². The van der Waals surface area contributed by atoms with Gasteiger partial charge in [-0.2, -0.15) is 5.26 Å². The van der Waals surface area contributed by atoms with Crippen molar-refractivity contribution in [3.63, 3.8) is 0 Å². The maximum Gasteiger partial charge on any atom is 0.227 e. The average Bonchev–Trinajstić information content (AvgIpc) is 2.69. The first kappa shape index (κ1) is 18.0. The summed E-state index contributed by atoms with van der Waals surface area (Å²) in [5.74, 6) is 1.41. The number of nitrogens with zero attached hydrogens (tertiary/aromatic N) is 2. The zero-order chi connectivity index (χ0) is 18.2. The number of nitrogens with one attached hydrogen (secondary N) is 1. The fourth-order valence-corrected chi connectivity index (χ4v) is 3.14. The van der Waals surface area contributed by atoms with Gasteiger partial charge >= 0.3 is 0 Å². The molecule has 0 atom stereocenters. The van der Waals surface area contributed by atoms with Crippen molar-refractivity contribution in [1.29, 1.82) is 5.26 Å². The molecule has 1 aliphatic rings. The molecule has 0 radical (unpaired) electrons. The molecule has 0 spiro atoms. The van der Waals surface area contributed by atoms with Gasteiger partial charge in [-0.15, -0.1) is 0 Å². The van der Waals surface area contributed by atoms with Gasteiger partial charge in [0.25, 0.3) is 0 Å². The number of hydrogen-bond acceptors (Lipinski definition) is 4. The number of piperidine rings is 1. The van der Waals surface area contributed by atoms with Crippen LogP contribution in [0.3, 0.4) is 0 Å². The van der Waals surface area contributed by atoms with Crippen molar-refractivity contribution >= 4 is 11.6 Å². The van der Waals surface area contributed by atoms with E-state index in [0.29, 0.717) is 17.9 Å². The van der Waals surface area contributed by atoms with Crippen molar-refractivity contribution in [2.45, 2.75) is 19.3 Å². The van der Waals surface area contributed by atoms with Crippen LogP contribution in [0.5, 0.6) is 11.5 Å². The van der Waals surface area contributed by atoms with E-state index < -0.39 is 0 Å². The Morgan fingerprint density at radius 2 is 1.81 bits per heavy atom. The van der Waals surface area contributed by atoms with Crippen LogP contribution in [-0.2, 0) is 4.79 Å². The summed E-state index contributed by atoms with van der Waals surface area (Å²) in [4.78, 5) is 14.9. The SMILES string of the molecule is N#CCCN1CCC(C(=O)Nc2ccccc2Oc2ccccc2)CC1. The molecular formula is C21H23N3O2. The van der Waals surface area contributed by atoms with Gasteiger partial charge in [-0.25, -0.2) is 0 Å². The van der Waals surface area contributed by atoms with Crippen molar-refractivity contribution < 1.29 is 9.53 Å². The minimum Gasteiger partial charge on any atom is -0.455 e. The number of likely N-dealkylation sites (tertiary alicyclic amines) is 1. The lowest BCUT2D eigenvalue weighted by molar-refractivity contribution is -0.121. The zero-order valence-electron chi connectivity index (χ0n) is 14.7. The van der Waals surface area contributed by atoms with Gasteiger partial charge in [-0.1, -0.05) is 30.3 Å². The van der Waals surface area contributed by atoms with Crippen molar-refractivity contribution in [2.24, 2.45) is 5.92 Å². The Morgan fingerprint density at radius 1 is 1.12 bits per heavy atom. The van der Waals surface area contributed by atoms with Crippen LogP contribution in [0.2, 0.25) is 0 Å². The van der Waals surface area contributed by atoms with Crippen LogP contribution in [0.25, 0.3) is 0 Å². The molecule has 1 amide bonds. The second-order valence-electron chi connectivity index (χ2n) is 6.42. The van der Waals surface area contributed by atoms with E-state index >= 15 is 0 Å². The summed E-state index contributed by atoms with van der Waals surface area (Å²) in [7, 11) is 0. The third-order valence-electron chi connectivity index (χ3n) is 4.61. The van der Waals surface area contributed by atoms with Crippen molar-refractivity contribution in [2.75, 3.05) is 25.0 Å². The largest absolute Gasteiger partial charge is 0.455 e. The Labute approximate surface area is 154 Å². The first-order valence-electron chi connectivity index (χ1n) is 8.98. The molecule has 1 fully saturated rings. The van der Waals surface area contributed by atoms with Crippen molar-refractivity contribution in [3.8, 4) is 17.6 Å². The highest BCUT2D eigenvalue weighted by Gasteiger charge is 2.25. The lowest BCUT2D eigenvalue weighted by Gasteiger charge is -2.30. The van der Waals surface area contributed by atoms with Gasteiger partial charge in [0.15, 0.2) is 5.75 Å². The molecule has 1 N–H and O–H groups in total. The average molecular weight is 349 g/mol. The van der Waals surface area contributed by atoms with Crippen LogP contribution in [0, 0.1) is 17.2 Å². The third-order valence-corrected chi connectivity index (χ3v) is 4.61. The first-order chi connectivity index (χ1) is 12.8. The Hall–Kier alpha value is -2.84. The Kier molecular flexibility index (Phi) is 6.24. The predicted molar refractivity (Wildman–Crippen MR) is 101 cm³/mol. The molecule has 1 saturated heterocycles. The lowest BCUT2D eigenvalue weighted by atomic mass is 9.95. The number of nitriles is 1. The highest BCUT2D eigenvalue weighted by molar-refractivity contribution is 5.94.